The first kappa shape index (κ1) is 12.6. The lowest BCUT2D eigenvalue weighted by Crippen LogP contribution is -2.12. The molecular formula is C15H18N2OS. The third-order valence-corrected chi connectivity index (χ3v) is 4.49. The minimum absolute atomic E-state index is 0.448. The molecule has 1 saturated heterocycles. The van der Waals surface area contributed by atoms with E-state index in [1.807, 2.05) is 6.07 Å². The summed E-state index contributed by atoms with van der Waals surface area (Å²) < 4.78 is 5.30. The van der Waals surface area contributed by atoms with E-state index in [0.29, 0.717) is 6.04 Å². The van der Waals surface area contributed by atoms with E-state index in [1.165, 1.54) is 24.1 Å². The van der Waals surface area contributed by atoms with E-state index < -0.39 is 0 Å². The van der Waals surface area contributed by atoms with Crippen LogP contribution in [0.5, 0.6) is 5.75 Å². The van der Waals surface area contributed by atoms with Crippen LogP contribution in [0.25, 0.3) is 10.6 Å². The third-order valence-electron chi connectivity index (χ3n) is 3.58. The number of aryl methyl sites for hydroxylation is 1. The highest BCUT2D eigenvalue weighted by Gasteiger charge is 2.19. The quantitative estimate of drug-likeness (QED) is 0.929. The van der Waals surface area contributed by atoms with Gasteiger partial charge in [0.05, 0.1) is 18.8 Å². The number of hydrogen-bond acceptors (Lipinski definition) is 4. The Hall–Kier alpha value is -1.39. The summed E-state index contributed by atoms with van der Waals surface area (Å²) in [7, 11) is 1.70. The van der Waals surface area contributed by atoms with Gasteiger partial charge >= 0.3 is 0 Å². The Kier molecular flexibility index (Phi) is 3.53. The number of benzene rings is 1. The number of thiazole rings is 1. The Morgan fingerprint density at radius 2 is 2.32 bits per heavy atom. The molecule has 4 heteroatoms. The van der Waals surface area contributed by atoms with Crippen molar-refractivity contribution in [1.29, 1.82) is 0 Å². The lowest BCUT2D eigenvalue weighted by Gasteiger charge is -2.06. The first-order valence-electron chi connectivity index (χ1n) is 6.62. The molecule has 0 aliphatic carbocycles. The number of nitrogens with zero attached hydrogens (tertiary/aromatic N) is 1. The SMILES string of the molecule is COc1ccc(-c2nc(C3CCCN3)cs2)cc1C. The number of rotatable bonds is 3. The average molecular weight is 274 g/mol. The van der Waals surface area contributed by atoms with Gasteiger partial charge in [-0.1, -0.05) is 0 Å². The molecule has 0 spiro atoms. The van der Waals surface area contributed by atoms with Crippen molar-refractivity contribution in [2.45, 2.75) is 25.8 Å². The highest BCUT2D eigenvalue weighted by atomic mass is 32.1. The van der Waals surface area contributed by atoms with Crippen LogP contribution in [0.15, 0.2) is 23.6 Å². The normalized spacial score (nSPS) is 18.7. The van der Waals surface area contributed by atoms with E-state index in [0.717, 1.165) is 22.9 Å². The molecule has 0 saturated carbocycles. The molecule has 1 fully saturated rings. The molecule has 3 nitrogen and oxygen atoms in total. The Morgan fingerprint density at radius 1 is 1.42 bits per heavy atom. The van der Waals surface area contributed by atoms with Crippen LogP contribution in [-0.4, -0.2) is 18.6 Å². The number of methoxy groups -OCH3 is 1. The van der Waals surface area contributed by atoms with Crippen LogP contribution >= 0.6 is 11.3 Å². The summed E-state index contributed by atoms with van der Waals surface area (Å²) in [5, 5.41) is 6.76. The number of aromatic nitrogens is 1. The summed E-state index contributed by atoms with van der Waals surface area (Å²) in [6.45, 7) is 3.18. The Balaban J connectivity index is 1.87. The maximum atomic E-state index is 5.30. The summed E-state index contributed by atoms with van der Waals surface area (Å²) in [6.07, 6.45) is 2.45. The van der Waals surface area contributed by atoms with Crippen LogP contribution in [0.1, 0.15) is 30.1 Å². The molecule has 1 aromatic carbocycles. The maximum Gasteiger partial charge on any atom is 0.123 e. The molecule has 0 radical (unpaired) electrons. The molecule has 1 aliphatic rings. The summed E-state index contributed by atoms with van der Waals surface area (Å²) in [6, 6.07) is 6.68. The van der Waals surface area contributed by atoms with Gasteiger partial charge in [-0.15, -0.1) is 11.3 Å². The highest BCUT2D eigenvalue weighted by molar-refractivity contribution is 7.13. The van der Waals surface area contributed by atoms with E-state index in [4.69, 9.17) is 9.72 Å². The van der Waals surface area contributed by atoms with Crippen LogP contribution in [0.4, 0.5) is 0 Å². The van der Waals surface area contributed by atoms with E-state index in [2.05, 4.69) is 29.8 Å². The zero-order valence-electron chi connectivity index (χ0n) is 11.3. The molecule has 0 amide bonds. The predicted molar refractivity (Wildman–Crippen MR) is 78.8 cm³/mol. The first-order valence-corrected chi connectivity index (χ1v) is 7.49. The molecule has 1 N–H and O–H groups in total. The van der Waals surface area contributed by atoms with E-state index in [-0.39, 0.29) is 0 Å². The fourth-order valence-electron chi connectivity index (χ4n) is 2.53. The minimum Gasteiger partial charge on any atom is -0.496 e. The number of ether oxygens (including phenoxy) is 1. The molecule has 1 unspecified atom stereocenters. The van der Waals surface area contributed by atoms with Crippen molar-refractivity contribution in [3.8, 4) is 16.3 Å². The van der Waals surface area contributed by atoms with Crippen LogP contribution in [0.3, 0.4) is 0 Å². The zero-order valence-corrected chi connectivity index (χ0v) is 12.1. The fourth-order valence-corrected chi connectivity index (χ4v) is 3.40. The van der Waals surface area contributed by atoms with Crippen LogP contribution in [-0.2, 0) is 0 Å². The van der Waals surface area contributed by atoms with Gasteiger partial charge in [0, 0.05) is 10.9 Å². The molecular weight excluding hydrogens is 256 g/mol. The van der Waals surface area contributed by atoms with Gasteiger partial charge in [-0.25, -0.2) is 4.98 Å². The zero-order chi connectivity index (χ0) is 13.2. The number of nitrogens with one attached hydrogen (secondary N) is 1. The standard InChI is InChI=1S/C15H18N2OS/c1-10-8-11(5-6-14(10)18-2)15-17-13(9-19-15)12-4-3-7-16-12/h5-6,8-9,12,16H,3-4,7H2,1-2H3. The molecule has 19 heavy (non-hydrogen) atoms. The summed E-state index contributed by atoms with van der Waals surface area (Å²) >= 11 is 1.72. The van der Waals surface area contributed by atoms with Gasteiger partial charge in [0.2, 0.25) is 0 Å². The second kappa shape index (κ2) is 5.31. The Labute approximate surface area is 117 Å². The van der Waals surface area contributed by atoms with Crippen molar-refractivity contribution in [3.05, 3.63) is 34.8 Å². The summed E-state index contributed by atoms with van der Waals surface area (Å²) in [4.78, 5) is 4.77. The van der Waals surface area contributed by atoms with Crippen molar-refractivity contribution in [1.82, 2.24) is 10.3 Å². The minimum atomic E-state index is 0.448. The molecule has 100 valence electrons. The van der Waals surface area contributed by atoms with Crippen molar-refractivity contribution in [2.24, 2.45) is 0 Å². The molecule has 2 heterocycles. The molecule has 2 aromatic rings. The smallest absolute Gasteiger partial charge is 0.123 e. The molecule has 1 aromatic heterocycles. The summed E-state index contributed by atoms with van der Waals surface area (Å²) in [5.74, 6) is 0.929. The Bertz CT molecular complexity index is 573. The Morgan fingerprint density at radius 3 is 3.00 bits per heavy atom. The van der Waals surface area contributed by atoms with Crippen molar-refractivity contribution in [2.75, 3.05) is 13.7 Å². The van der Waals surface area contributed by atoms with Gasteiger partial charge in [-0.3, -0.25) is 0 Å². The average Bonchev–Trinajstić information content (AvgIpc) is 3.09. The molecule has 3 rings (SSSR count). The first-order chi connectivity index (χ1) is 9.28. The highest BCUT2D eigenvalue weighted by Crippen LogP contribution is 2.31. The third kappa shape index (κ3) is 2.51. The van der Waals surface area contributed by atoms with Crippen LogP contribution < -0.4 is 10.1 Å². The predicted octanol–water partition coefficient (Wildman–Crippen LogP) is 3.55. The molecule has 1 aliphatic heterocycles. The van der Waals surface area contributed by atoms with Gasteiger partial charge in [0.15, 0.2) is 0 Å². The van der Waals surface area contributed by atoms with Crippen molar-refractivity contribution >= 4 is 11.3 Å². The van der Waals surface area contributed by atoms with Crippen LogP contribution in [0, 0.1) is 6.92 Å². The largest absolute Gasteiger partial charge is 0.496 e. The van der Waals surface area contributed by atoms with Gasteiger partial charge in [-0.2, -0.15) is 0 Å². The fraction of sp³-hybridized carbons (Fsp3) is 0.400. The van der Waals surface area contributed by atoms with Crippen molar-refractivity contribution in [3.63, 3.8) is 0 Å². The second-order valence-electron chi connectivity index (χ2n) is 4.91. The maximum absolute atomic E-state index is 5.30. The summed E-state index contributed by atoms with van der Waals surface area (Å²) in [5.41, 5.74) is 3.51. The number of hydrogen-bond donors (Lipinski definition) is 1. The second-order valence-corrected chi connectivity index (χ2v) is 5.77. The van der Waals surface area contributed by atoms with Crippen molar-refractivity contribution < 1.29 is 4.74 Å². The molecule has 0 bridgehead atoms. The van der Waals surface area contributed by atoms with Gasteiger partial charge in [0.25, 0.3) is 0 Å². The lowest BCUT2D eigenvalue weighted by atomic mass is 10.1. The topological polar surface area (TPSA) is 34.1 Å². The van der Waals surface area contributed by atoms with Gasteiger partial charge in [-0.05, 0) is 50.1 Å². The van der Waals surface area contributed by atoms with Crippen LogP contribution in [0.2, 0.25) is 0 Å². The van der Waals surface area contributed by atoms with Gasteiger partial charge < -0.3 is 10.1 Å². The monoisotopic (exact) mass is 274 g/mol. The molecule has 1 atom stereocenters. The van der Waals surface area contributed by atoms with E-state index >= 15 is 0 Å². The van der Waals surface area contributed by atoms with E-state index in [9.17, 15) is 0 Å². The van der Waals surface area contributed by atoms with E-state index in [1.54, 1.807) is 18.4 Å². The lowest BCUT2D eigenvalue weighted by molar-refractivity contribution is 0.412. The van der Waals surface area contributed by atoms with Gasteiger partial charge in [0.1, 0.15) is 10.8 Å².